The fraction of sp³-hybridized carbons (Fsp3) is 0.250. The van der Waals surface area contributed by atoms with Crippen molar-refractivity contribution in [2.75, 3.05) is 32.8 Å². The number of carbonyl (C=O) groups excluding carboxylic acids is 1. The highest BCUT2D eigenvalue weighted by atomic mass is 32.1. The van der Waals surface area contributed by atoms with Crippen molar-refractivity contribution in [1.29, 1.82) is 0 Å². The lowest BCUT2D eigenvalue weighted by atomic mass is 10.1. The van der Waals surface area contributed by atoms with Crippen LogP contribution in [0.15, 0.2) is 65.4 Å². The van der Waals surface area contributed by atoms with E-state index in [9.17, 15) is 4.79 Å². The average molecular weight is 450 g/mol. The van der Waals surface area contributed by atoms with Gasteiger partial charge in [0.2, 0.25) is 0 Å². The Kier molecular flexibility index (Phi) is 6.08. The summed E-state index contributed by atoms with van der Waals surface area (Å²) in [6.07, 6.45) is 0. The molecule has 5 rings (SSSR count). The lowest BCUT2D eigenvalue weighted by Crippen LogP contribution is -2.43. The number of carbonyl (C=O) groups is 1. The molecule has 0 unspecified atom stereocenters. The Labute approximate surface area is 189 Å². The number of nitrogens with zero attached hydrogens (tertiary/aromatic N) is 2. The predicted molar refractivity (Wildman–Crippen MR) is 127 cm³/mol. The van der Waals surface area contributed by atoms with Crippen molar-refractivity contribution in [2.45, 2.75) is 6.04 Å². The molecule has 4 aromatic rings. The Morgan fingerprint density at radius 3 is 2.65 bits per heavy atom. The van der Waals surface area contributed by atoms with Crippen LogP contribution in [0.25, 0.3) is 21.5 Å². The van der Waals surface area contributed by atoms with Crippen molar-refractivity contribution in [1.82, 2.24) is 15.2 Å². The smallest absolute Gasteiger partial charge is 0.252 e. The zero-order chi connectivity index (χ0) is 21.0. The number of benzene rings is 1. The lowest BCUT2D eigenvalue weighted by molar-refractivity contribution is 0.0169. The molecule has 7 heteroatoms. The number of fused-ring (bicyclic) bond motifs is 1. The molecule has 1 atom stereocenters. The van der Waals surface area contributed by atoms with E-state index in [2.05, 4.69) is 27.7 Å². The Morgan fingerprint density at radius 2 is 1.87 bits per heavy atom. The highest BCUT2D eigenvalue weighted by Gasteiger charge is 2.24. The fourth-order valence-corrected chi connectivity index (χ4v) is 5.53. The SMILES string of the molecule is O=C(NC[C@H](c1cccs1)N1CCOCC1)c1cc(-c2cccs2)nc2ccccc12. The number of pyridine rings is 1. The number of ether oxygens (including phenoxy) is 1. The van der Waals surface area contributed by atoms with Crippen molar-refractivity contribution in [3.8, 4) is 10.6 Å². The molecule has 1 fully saturated rings. The molecule has 1 saturated heterocycles. The molecular formula is C24H23N3O2S2. The van der Waals surface area contributed by atoms with Gasteiger partial charge in [0.25, 0.3) is 5.91 Å². The van der Waals surface area contributed by atoms with Gasteiger partial charge >= 0.3 is 0 Å². The van der Waals surface area contributed by atoms with Gasteiger partial charge in [-0.2, -0.15) is 0 Å². The average Bonchev–Trinajstić information content (AvgIpc) is 3.54. The lowest BCUT2D eigenvalue weighted by Gasteiger charge is -2.34. The first-order chi connectivity index (χ1) is 15.3. The normalized spacial score (nSPS) is 15.7. The third kappa shape index (κ3) is 4.41. The Balaban J connectivity index is 1.43. The maximum absolute atomic E-state index is 13.4. The molecular weight excluding hydrogens is 426 g/mol. The quantitative estimate of drug-likeness (QED) is 0.458. The molecule has 1 amide bonds. The molecule has 158 valence electrons. The van der Waals surface area contributed by atoms with E-state index >= 15 is 0 Å². The molecule has 1 aromatic carbocycles. The summed E-state index contributed by atoms with van der Waals surface area (Å²) in [4.78, 5) is 22.9. The van der Waals surface area contributed by atoms with Crippen LogP contribution in [0, 0.1) is 0 Å². The Bertz CT molecular complexity index is 1150. The molecule has 1 N–H and O–H groups in total. The molecule has 5 nitrogen and oxygen atoms in total. The van der Waals surface area contributed by atoms with Crippen LogP contribution in [0.4, 0.5) is 0 Å². The topological polar surface area (TPSA) is 54.5 Å². The molecule has 0 saturated carbocycles. The number of aromatic nitrogens is 1. The third-order valence-electron chi connectivity index (χ3n) is 5.55. The molecule has 0 bridgehead atoms. The minimum atomic E-state index is -0.0637. The highest BCUT2D eigenvalue weighted by Crippen LogP contribution is 2.29. The van der Waals surface area contributed by atoms with Crippen molar-refractivity contribution in [2.24, 2.45) is 0 Å². The zero-order valence-corrected chi connectivity index (χ0v) is 18.6. The van der Waals surface area contributed by atoms with Gasteiger partial charge in [-0.25, -0.2) is 4.98 Å². The van der Waals surface area contributed by atoms with Crippen LogP contribution >= 0.6 is 22.7 Å². The van der Waals surface area contributed by atoms with Gasteiger partial charge in [-0.1, -0.05) is 30.3 Å². The second-order valence-electron chi connectivity index (χ2n) is 7.44. The van der Waals surface area contributed by atoms with E-state index in [1.807, 2.05) is 47.8 Å². The fourth-order valence-electron chi connectivity index (χ4n) is 3.98. The molecule has 0 radical (unpaired) electrons. The van der Waals surface area contributed by atoms with Crippen LogP contribution in [0.3, 0.4) is 0 Å². The number of hydrogen-bond donors (Lipinski definition) is 1. The van der Waals surface area contributed by atoms with Gasteiger partial charge in [0.05, 0.1) is 40.9 Å². The number of amides is 1. The minimum Gasteiger partial charge on any atom is -0.379 e. The third-order valence-corrected chi connectivity index (χ3v) is 7.41. The Hall–Kier alpha value is -2.58. The van der Waals surface area contributed by atoms with Crippen LogP contribution in [0.1, 0.15) is 21.3 Å². The maximum atomic E-state index is 13.4. The molecule has 4 heterocycles. The van der Waals surface area contributed by atoms with Crippen molar-refractivity contribution >= 4 is 39.5 Å². The van der Waals surface area contributed by atoms with E-state index in [1.165, 1.54) is 4.88 Å². The summed E-state index contributed by atoms with van der Waals surface area (Å²) in [5, 5.41) is 8.20. The summed E-state index contributed by atoms with van der Waals surface area (Å²) < 4.78 is 5.53. The predicted octanol–water partition coefficient (Wildman–Crippen LogP) is 4.83. The summed E-state index contributed by atoms with van der Waals surface area (Å²) in [7, 11) is 0. The van der Waals surface area contributed by atoms with E-state index in [1.54, 1.807) is 22.7 Å². The van der Waals surface area contributed by atoms with Gasteiger partial charge in [0.15, 0.2) is 0 Å². The maximum Gasteiger partial charge on any atom is 0.252 e. The van der Waals surface area contributed by atoms with Crippen LogP contribution in [0.5, 0.6) is 0 Å². The molecule has 0 aliphatic carbocycles. The van der Waals surface area contributed by atoms with E-state index in [4.69, 9.17) is 9.72 Å². The molecule has 0 spiro atoms. The minimum absolute atomic E-state index is 0.0637. The number of para-hydroxylation sites is 1. The van der Waals surface area contributed by atoms with Crippen molar-refractivity contribution in [3.63, 3.8) is 0 Å². The van der Waals surface area contributed by atoms with Gasteiger partial charge in [-0.05, 0) is 35.0 Å². The number of rotatable bonds is 6. The summed E-state index contributed by atoms with van der Waals surface area (Å²) in [6.45, 7) is 3.77. The van der Waals surface area contributed by atoms with Gasteiger partial charge in [0.1, 0.15) is 0 Å². The van der Waals surface area contributed by atoms with Crippen LogP contribution in [0.2, 0.25) is 0 Å². The summed E-state index contributed by atoms with van der Waals surface area (Å²) in [6, 6.07) is 18.2. The van der Waals surface area contributed by atoms with Gasteiger partial charge < -0.3 is 10.1 Å². The number of nitrogens with one attached hydrogen (secondary N) is 1. The van der Waals surface area contributed by atoms with Crippen LogP contribution < -0.4 is 5.32 Å². The second kappa shape index (κ2) is 9.28. The van der Waals surface area contributed by atoms with Crippen molar-refractivity contribution < 1.29 is 9.53 Å². The van der Waals surface area contributed by atoms with Gasteiger partial charge in [-0.15, -0.1) is 22.7 Å². The summed E-state index contributed by atoms with van der Waals surface area (Å²) in [5.74, 6) is -0.0637. The van der Waals surface area contributed by atoms with Gasteiger partial charge in [-0.3, -0.25) is 9.69 Å². The number of hydrogen-bond acceptors (Lipinski definition) is 6. The zero-order valence-electron chi connectivity index (χ0n) is 17.0. The molecule has 31 heavy (non-hydrogen) atoms. The largest absolute Gasteiger partial charge is 0.379 e. The second-order valence-corrected chi connectivity index (χ2v) is 9.37. The van der Waals surface area contributed by atoms with Crippen LogP contribution in [-0.4, -0.2) is 48.6 Å². The highest BCUT2D eigenvalue weighted by molar-refractivity contribution is 7.13. The first-order valence-corrected chi connectivity index (χ1v) is 12.1. The van der Waals surface area contributed by atoms with E-state index in [-0.39, 0.29) is 11.9 Å². The summed E-state index contributed by atoms with van der Waals surface area (Å²) >= 11 is 3.36. The molecule has 3 aromatic heterocycles. The van der Waals surface area contributed by atoms with Crippen molar-refractivity contribution in [3.05, 3.63) is 75.8 Å². The number of thiophene rings is 2. The molecule has 1 aliphatic rings. The Morgan fingerprint density at radius 1 is 1.06 bits per heavy atom. The first-order valence-electron chi connectivity index (χ1n) is 10.4. The monoisotopic (exact) mass is 449 g/mol. The summed E-state index contributed by atoms with van der Waals surface area (Å²) in [5.41, 5.74) is 2.34. The van der Waals surface area contributed by atoms with Gasteiger partial charge in [0, 0.05) is 29.9 Å². The number of morpholine rings is 1. The van der Waals surface area contributed by atoms with Crippen LogP contribution in [-0.2, 0) is 4.74 Å². The van der Waals surface area contributed by atoms with E-state index in [0.29, 0.717) is 12.1 Å². The van der Waals surface area contributed by atoms with E-state index < -0.39 is 0 Å². The molecule has 1 aliphatic heterocycles. The first kappa shape index (κ1) is 20.3. The standard InChI is InChI=1S/C24H23N3O2S2/c28-24(25-16-21(23-8-4-14-31-23)27-9-11-29-12-10-27)18-15-20(22-7-3-13-30-22)26-19-6-2-1-5-17(18)19/h1-8,13-15,21H,9-12,16H2,(H,25,28)/t21-/m1/s1. The van der Waals surface area contributed by atoms with E-state index in [0.717, 1.165) is 47.8 Å².